The summed E-state index contributed by atoms with van der Waals surface area (Å²) in [6.45, 7) is 4.50. The predicted octanol–water partition coefficient (Wildman–Crippen LogP) is 3.79. The van der Waals surface area contributed by atoms with Gasteiger partial charge in [-0.05, 0) is 62.8 Å². The van der Waals surface area contributed by atoms with Gasteiger partial charge < -0.3 is 10.2 Å². The Morgan fingerprint density at radius 3 is 2.81 bits per heavy atom. The van der Waals surface area contributed by atoms with Crippen molar-refractivity contribution in [2.45, 2.75) is 51.1 Å². The van der Waals surface area contributed by atoms with Crippen molar-refractivity contribution in [3.8, 4) is 0 Å². The monoisotopic (exact) mass is 362 g/mol. The first-order valence-electron chi connectivity index (χ1n) is 9.76. The molecule has 2 amide bonds. The van der Waals surface area contributed by atoms with Crippen LogP contribution in [-0.4, -0.2) is 28.8 Å². The third-order valence-electron chi connectivity index (χ3n) is 5.97. The van der Waals surface area contributed by atoms with Gasteiger partial charge in [0.15, 0.2) is 0 Å². The van der Waals surface area contributed by atoms with Crippen LogP contribution in [0.15, 0.2) is 48.5 Å². The van der Waals surface area contributed by atoms with Crippen LogP contribution in [0.1, 0.15) is 59.3 Å². The number of aryl methyl sites for hydroxylation is 2. The molecule has 1 saturated heterocycles. The summed E-state index contributed by atoms with van der Waals surface area (Å²) in [5.74, 6) is -0.148. The smallest absolute Gasteiger partial charge is 0.252 e. The number of likely N-dealkylation sites (tertiary alicyclic amines) is 1. The van der Waals surface area contributed by atoms with Gasteiger partial charge >= 0.3 is 0 Å². The molecule has 2 aromatic carbocycles. The summed E-state index contributed by atoms with van der Waals surface area (Å²) in [7, 11) is 0. The van der Waals surface area contributed by atoms with E-state index in [4.69, 9.17) is 0 Å². The van der Waals surface area contributed by atoms with Gasteiger partial charge in [0, 0.05) is 12.1 Å². The minimum absolute atomic E-state index is 0.0326. The van der Waals surface area contributed by atoms with E-state index >= 15 is 0 Å². The van der Waals surface area contributed by atoms with Crippen LogP contribution in [0.5, 0.6) is 0 Å². The second kappa shape index (κ2) is 6.84. The van der Waals surface area contributed by atoms with Gasteiger partial charge in [0.2, 0.25) is 5.91 Å². The normalized spacial score (nSPS) is 24.6. The van der Waals surface area contributed by atoms with Crippen LogP contribution in [0.4, 0.5) is 0 Å². The first kappa shape index (κ1) is 17.8. The lowest BCUT2D eigenvalue weighted by atomic mass is 9.87. The highest BCUT2D eigenvalue weighted by Crippen LogP contribution is 2.38. The molecule has 4 nitrogen and oxygen atoms in total. The highest BCUT2D eigenvalue weighted by molar-refractivity contribution is 6.00. The Morgan fingerprint density at radius 1 is 1.19 bits per heavy atom. The molecule has 0 bridgehead atoms. The molecule has 1 aliphatic heterocycles. The largest absolute Gasteiger partial charge is 0.338 e. The first-order valence-corrected chi connectivity index (χ1v) is 9.76. The van der Waals surface area contributed by atoms with Gasteiger partial charge in [-0.15, -0.1) is 0 Å². The van der Waals surface area contributed by atoms with Crippen LogP contribution in [0, 0.1) is 6.92 Å². The number of hydrogen-bond donors (Lipinski definition) is 1. The van der Waals surface area contributed by atoms with Crippen LogP contribution in [0.3, 0.4) is 0 Å². The Bertz CT molecular complexity index is 891. The molecule has 0 aromatic heterocycles. The zero-order valence-corrected chi connectivity index (χ0v) is 16.0. The standard InChI is InChI=1S/C23H26N2O2/c1-16-7-5-10-18(15-16)21(26)24-23(2)13-14-25(22(23)27)20-12-6-9-17-8-3-4-11-19(17)20/h3-5,7-8,10-11,15,20H,6,9,12-14H2,1-2H3,(H,24,26). The van der Waals surface area contributed by atoms with Crippen molar-refractivity contribution in [3.63, 3.8) is 0 Å². The Kier molecular flexibility index (Phi) is 4.50. The third-order valence-corrected chi connectivity index (χ3v) is 5.97. The Hall–Kier alpha value is -2.62. The van der Waals surface area contributed by atoms with Crippen LogP contribution in [0.2, 0.25) is 0 Å². The number of carbonyl (C=O) groups excluding carboxylic acids is 2. The fourth-order valence-corrected chi connectivity index (χ4v) is 4.44. The summed E-state index contributed by atoms with van der Waals surface area (Å²) in [5.41, 5.74) is 3.41. The van der Waals surface area contributed by atoms with E-state index in [2.05, 4.69) is 29.6 Å². The number of amides is 2. The second-order valence-electron chi connectivity index (χ2n) is 8.01. The van der Waals surface area contributed by atoms with Gasteiger partial charge in [0.25, 0.3) is 5.91 Å². The highest BCUT2D eigenvalue weighted by atomic mass is 16.2. The Balaban J connectivity index is 1.54. The van der Waals surface area contributed by atoms with Crippen molar-refractivity contribution < 1.29 is 9.59 Å². The van der Waals surface area contributed by atoms with Gasteiger partial charge in [0.1, 0.15) is 5.54 Å². The zero-order chi connectivity index (χ0) is 19.0. The molecule has 4 rings (SSSR count). The SMILES string of the molecule is Cc1cccc(C(=O)NC2(C)CCN(C3CCCc4ccccc43)C2=O)c1. The molecule has 1 N–H and O–H groups in total. The van der Waals surface area contributed by atoms with Crippen molar-refractivity contribution in [1.29, 1.82) is 0 Å². The number of carbonyl (C=O) groups is 2. The van der Waals surface area contributed by atoms with E-state index in [1.807, 2.05) is 36.9 Å². The topological polar surface area (TPSA) is 49.4 Å². The molecule has 4 heteroatoms. The number of nitrogens with zero attached hydrogens (tertiary/aromatic N) is 1. The predicted molar refractivity (Wildman–Crippen MR) is 106 cm³/mol. The number of hydrogen-bond acceptors (Lipinski definition) is 2. The van der Waals surface area contributed by atoms with Gasteiger partial charge in [-0.25, -0.2) is 0 Å². The number of fused-ring (bicyclic) bond motifs is 1. The van der Waals surface area contributed by atoms with Crippen molar-refractivity contribution in [2.75, 3.05) is 6.54 Å². The summed E-state index contributed by atoms with van der Waals surface area (Å²) < 4.78 is 0. The maximum atomic E-state index is 13.3. The van der Waals surface area contributed by atoms with Crippen LogP contribution < -0.4 is 5.32 Å². The molecule has 2 aliphatic rings. The van der Waals surface area contributed by atoms with E-state index in [1.54, 1.807) is 6.07 Å². The molecule has 0 radical (unpaired) electrons. The van der Waals surface area contributed by atoms with Gasteiger partial charge in [0.05, 0.1) is 6.04 Å². The minimum atomic E-state index is -0.840. The molecule has 1 heterocycles. The van der Waals surface area contributed by atoms with Crippen molar-refractivity contribution >= 4 is 11.8 Å². The van der Waals surface area contributed by atoms with Crippen LogP contribution in [0.25, 0.3) is 0 Å². The maximum absolute atomic E-state index is 13.3. The molecule has 0 saturated carbocycles. The number of nitrogens with one attached hydrogen (secondary N) is 1. The van der Waals surface area contributed by atoms with E-state index in [9.17, 15) is 9.59 Å². The Morgan fingerprint density at radius 2 is 2.00 bits per heavy atom. The van der Waals surface area contributed by atoms with Crippen molar-refractivity contribution in [2.24, 2.45) is 0 Å². The first-order chi connectivity index (χ1) is 13.0. The number of rotatable bonds is 3. The lowest BCUT2D eigenvalue weighted by Gasteiger charge is -2.34. The highest BCUT2D eigenvalue weighted by Gasteiger charge is 2.47. The fourth-order valence-electron chi connectivity index (χ4n) is 4.44. The summed E-state index contributed by atoms with van der Waals surface area (Å²) in [5, 5.41) is 3.01. The van der Waals surface area contributed by atoms with E-state index in [0.717, 1.165) is 24.8 Å². The van der Waals surface area contributed by atoms with E-state index in [1.165, 1.54) is 11.1 Å². The maximum Gasteiger partial charge on any atom is 0.252 e. The lowest BCUT2D eigenvalue weighted by Crippen LogP contribution is -2.52. The molecule has 1 aliphatic carbocycles. The Labute approximate surface area is 160 Å². The summed E-state index contributed by atoms with van der Waals surface area (Å²) in [4.78, 5) is 28.0. The molecule has 1 fully saturated rings. The summed E-state index contributed by atoms with van der Waals surface area (Å²) in [6.07, 6.45) is 3.81. The molecule has 2 atom stereocenters. The summed E-state index contributed by atoms with van der Waals surface area (Å²) >= 11 is 0. The molecule has 2 aromatic rings. The second-order valence-corrected chi connectivity index (χ2v) is 8.01. The number of benzene rings is 2. The van der Waals surface area contributed by atoms with Crippen molar-refractivity contribution in [1.82, 2.24) is 10.2 Å². The van der Waals surface area contributed by atoms with Gasteiger partial charge in [-0.3, -0.25) is 9.59 Å². The lowest BCUT2D eigenvalue weighted by molar-refractivity contribution is -0.134. The average Bonchev–Trinajstić information content (AvgIpc) is 2.96. The van der Waals surface area contributed by atoms with E-state index in [0.29, 0.717) is 18.5 Å². The van der Waals surface area contributed by atoms with Gasteiger partial charge in [-0.2, -0.15) is 0 Å². The molecular formula is C23H26N2O2. The van der Waals surface area contributed by atoms with Crippen molar-refractivity contribution in [3.05, 3.63) is 70.8 Å². The fraction of sp³-hybridized carbons (Fsp3) is 0.391. The third kappa shape index (κ3) is 3.25. The molecule has 140 valence electrons. The van der Waals surface area contributed by atoms with Gasteiger partial charge in [-0.1, -0.05) is 42.0 Å². The van der Waals surface area contributed by atoms with Crippen LogP contribution >= 0.6 is 0 Å². The molecule has 27 heavy (non-hydrogen) atoms. The van der Waals surface area contributed by atoms with E-state index in [-0.39, 0.29) is 17.9 Å². The molecule has 2 unspecified atom stereocenters. The minimum Gasteiger partial charge on any atom is -0.338 e. The molecule has 0 spiro atoms. The van der Waals surface area contributed by atoms with Crippen LogP contribution in [-0.2, 0) is 11.2 Å². The molecular weight excluding hydrogens is 336 g/mol. The quantitative estimate of drug-likeness (QED) is 0.903. The zero-order valence-electron chi connectivity index (χ0n) is 16.0. The van der Waals surface area contributed by atoms with E-state index < -0.39 is 5.54 Å². The summed E-state index contributed by atoms with van der Waals surface area (Å²) in [6, 6.07) is 16.0. The average molecular weight is 362 g/mol.